The quantitative estimate of drug-likeness (QED) is 0.124. The normalized spacial score (nSPS) is 18.2. The molecular weight excluding hydrogens is 632 g/mol. The lowest BCUT2D eigenvalue weighted by molar-refractivity contribution is -0.115. The molecule has 1 atom stereocenters. The maximum atomic E-state index is 13.2. The molecule has 10 nitrogen and oxygen atoms in total. The zero-order valence-electron chi connectivity index (χ0n) is 29.1. The van der Waals surface area contributed by atoms with Gasteiger partial charge >= 0.3 is 12.1 Å². The number of alkyl carbamates (subject to hydrolysis) is 1. The molecule has 3 amide bonds. The van der Waals surface area contributed by atoms with Crippen molar-refractivity contribution in [3.8, 4) is 11.5 Å². The molecule has 0 saturated carbocycles. The van der Waals surface area contributed by atoms with Crippen molar-refractivity contribution >= 4 is 41.0 Å². The molecule has 4 rings (SSSR count). The number of fused-ring (bicyclic) bond motifs is 1. The van der Waals surface area contributed by atoms with Gasteiger partial charge in [0.15, 0.2) is 0 Å². The van der Waals surface area contributed by atoms with E-state index in [-0.39, 0.29) is 17.1 Å². The van der Waals surface area contributed by atoms with Crippen LogP contribution in [0.2, 0.25) is 0 Å². The predicted octanol–water partition coefficient (Wildman–Crippen LogP) is 7.73. The van der Waals surface area contributed by atoms with E-state index in [0.29, 0.717) is 36.0 Å². The van der Waals surface area contributed by atoms with Crippen LogP contribution in [0.3, 0.4) is 0 Å². The average Bonchev–Trinajstić information content (AvgIpc) is 3.33. The van der Waals surface area contributed by atoms with Crippen LogP contribution in [0.25, 0.3) is 6.08 Å². The molecule has 0 aromatic heterocycles. The maximum absolute atomic E-state index is 13.2. The number of esters is 1. The van der Waals surface area contributed by atoms with Crippen LogP contribution in [-0.4, -0.2) is 54.2 Å². The van der Waals surface area contributed by atoms with E-state index in [4.69, 9.17) is 18.9 Å². The first-order valence-electron chi connectivity index (χ1n) is 16.6. The fourth-order valence-electron chi connectivity index (χ4n) is 5.69. The Morgan fingerprint density at radius 3 is 2.35 bits per heavy atom. The first-order chi connectivity index (χ1) is 22.7. The highest BCUT2D eigenvalue weighted by molar-refractivity contribution is 8.18. The third kappa shape index (κ3) is 10.0. The number of thioether (sulfide) groups is 1. The van der Waals surface area contributed by atoms with E-state index in [0.717, 1.165) is 90.3 Å². The van der Waals surface area contributed by atoms with E-state index in [2.05, 4.69) is 10.6 Å². The van der Waals surface area contributed by atoms with Crippen molar-refractivity contribution in [2.24, 2.45) is 0 Å². The van der Waals surface area contributed by atoms with Crippen LogP contribution >= 0.6 is 11.8 Å². The number of hydrogen-bond donors (Lipinski definition) is 2. The first-order valence-corrected chi connectivity index (χ1v) is 17.4. The van der Waals surface area contributed by atoms with Gasteiger partial charge in [-0.25, -0.2) is 9.59 Å². The molecule has 11 heteroatoms. The molecule has 0 spiro atoms. The van der Waals surface area contributed by atoms with Crippen LogP contribution in [0.4, 0.5) is 9.59 Å². The highest BCUT2D eigenvalue weighted by Gasteiger charge is 2.36. The van der Waals surface area contributed by atoms with Gasteiger partial charge in [0.2, 0.25) is 0 Å². The molecule has 1 unspecified atom stereocenters. The Hall–Kier alpha value is -3.99. The molecule has 1 fully saturated rings. The average molecular weight is 681 g/mol. The van der Waals surface area contributed by atoms with Crippen molar-refractivity contribution < 1.29 is 38.1 Å². The topological polar surface area (TPSA) is 129 Å². The molecule has 2 N–H and O–H groups in total. The Bertz CT molecular complexity index is 1560. The van der Waals surface area contributed by atoms with Crippen LogP contribution in [0.1, 0.15) is 104 Å². The smallest absolute Gasteiger partial charge is 0.407 e. The second kappa shape index (κ2) is 15.9. The van der Waals surface area contributed by atoms with Crippen molar-refractivity contribution in [1.82, 2.24) is 10.6 Å². The van der Waals surface area contributed by atoms with Gasteiger partial charge in [-0.05, 0) is 132 Å². The molecule has 2 aromatic rings. The summed E-state index contributed by atoms with van der Waals surface area (Å²) in [5, 5.41) is 4.66. The Morgan fingerprint density at radius 2 is 1.69 bits per heavy atom. The van der Waals surface area contributed by atoms with Gasteiger partial charge < -0.3 is 24.3 Å². The van der Waals surface area contributed by atoms with Crippen molar-refractivity contribution in [2.75, 3.05) is 19.8 Å². The van der Waals surface area contributed by atoms with Crippen molar-refractivity contribution in [3.05, 3.63) is 62.6 Å². The van der Waals surface area contributed by atoms with E-state index in [1.54, 1.807) is 6.08 Å². The van der Waals surface area contributed by atoms with Gasteiger partial charge in [0.1, 0.15) is 29.3 Å². The summed E-state index contributed by atoms with van der Waals surface area (Å²) in [4.78, 5) is 48.5. The molecule has 2 aromatic carbocycles. The van der Waals surface area contributed by atoms with Gasteiger partial charge in [-0.1, -0.05) is 31.4 Å². The lowest BCUT2D eigenvalue weighted by Gasteiger charge is -2.38. The third-order valence-corrected chi connectivity index (χ3v) is 9.23. The van der Waals surface area contributed by atoms with Gasteiger partial charge in [0.25, 0.3) is 11.1 Å². The van der Waals surface area contributed by atoms with E-state index in [1.807, 2.05) is 72.7 Å². The van der Waals surface area contributed by atoms with Crippen LogP contribution in [0, 0.1) is 20.8 Å². The summed E-state index contributed by atoms with van der Waals surface area (Å²) >= 11 is 0.886. The first kappa shape index (κ1) is 36.8. The summed E-state index contributed by atoms with van der Waals surface area (Å²) < 4.78 is 23.7. The number of unbranched alkanes of at least 4 members (excludes halogenated alkanes) is 4. The molecule has 2 heterocycles. The van der Waals surface area contributed by atoms with E-state index in [9.17, 15) is 19.2 Å². The highest BCUT2D eigenvalue weighted by Crippen LogP contribution is 2.41. The molecule has 0 radical (unpaired) electrons. The molecule has 2 aliphatic rings. The second-order valence-electron chi connectivity index (χ2n) is 13.7. The third-order valence-electron chi connectivity index (χ3n) is 8.42. The molecule has 48 heavy (non-hydrogen) atoms. The number of rotatable bonds is 13. The lowest BCUT2D eigenvalue weighted by Crippen LogP contribution is -2.42. The summed E-state index contributed by atoms with van der Waals surface area (Å²) in [6, 6.07) is 7.33. The molecule has 260 valence electrons. The fourth-order valence-corrected chi connectivity index (χ4v) is 6.37. The maximum Gasteiger partial charge on any atom is 0.407 e. The largest absolute Gasteiger partial charge is 0.489 e. The minimum atomic E-state index is -0.565. The zero-order valence-corrected chi connectivity index (χ0v) is 29.9. The summed E-state index contributed by atoms with van der Waals surface area (Å²) in [6.45, 7) is 14.7. The number of ether oxygens (including phenoxy) is 4. The standard InChI is InChI=1S/C37H48N2O8S/c1-23-24(2)31-28(25(3)30(23)33(41)44-20-12-10-8-9-11-19-38-34(42)47-36(4,5)6)17-18-37(7,46-31)22-45-27-15-13-26(14-16-27)21-29-32(40)39-35(43)48-29/h13-16,21H,8-12,17-20,22H2,1-7H3,(H,38,42)(H,39,40,43)/b29-21-. The summed E-state index contributed by atoms with van der Waals surface area (Å²) in [5.74, 6) is 0.796. The van der Waals surface area contributed by atoms with Crippen LogP contribution < -0.4 is 20.1 Å². The second-order valence-corrected chi connectivity index (χ2v) is 14.7. The van der Waals surface area contributed by atoms with Crippen LogP contribution in [-0.2, 0) is 20.7 Å². The fraction of sp³-hybridized carbons (Fsp3) is 0.514. The van der Waals surface area contributed by atoms with Gasteiger partial charge in [-0.2, -0.15) is 0 Å². The Balaban J connectivity index is 1.24. The number of amides is 3. The lowest BCUT2D eigenvalue weighted by atomic mass is 9.85. The minimum absolute atomic E-state index is 0.299. The van der Waals surface area contributed by atoms with E-state index < -0.39 is 17.3 Å². The van der Waals surface area contributed by atoms with Gasteiger partial charge in [0.05, 0.1) is 17.1 Å². The molecule has 0 bridgehead atoms. The number of imide groups is 1. The molecule has 1 saturated heterocycles. The summed E-state index contributed by atoms with van der Waals surface area (Å²) in [7, 11) is 0. The van der Waals surface area contributed by atoms with Crippen LogP contribution in [0.5, 0.6) is 11.5 Å². The van der Waals surface area contributed by atoms with Crippen molar-refractivity contribution in [1.29, 1.82) is 0 Å². The van der Waals surface area contributed by atoms with Gasteiger partial charge in [-0.15, -0.1) is 0 Å². The van der Waals surface area contributed by atoms with Crippen molar-refractivity contribution in [2.45, 2.75) is 105 Å². The monoisotopic (exact) mass is 680 g/mol. The van der Waals surface area contributed by atoms with Crippen molar-refractivity contribution in [3.63, 3.8) is 0 Å². The number of carbonyl (C=O) groups is 4. The van der Waals surface area contributed by atoms with E-state index in [1.165, 1.54) is 0 Å². The summed E-state index contributed by atoms with van der Waals surface area (Å²) in [5.41, 5.74) is 4.07. The minimum Gasteiger partial charge on any atom is -0.489 e. The number of nitrogens with one attached hydrogen (secondary N) is 2. The Morgan fingerprint density at radius 1 is 1.00 bits per heavy atom. The molecular formula is C37H48N2O8S. The van der Waals surface area contributed by atoms with Gasteiger partial charge in [-0.3, -0.25) is 14.9 Å². The van der Waals surface area contributed by atoms with Gasteiger partial charge in [0, 0.05) is 6.54 Å². The number of benzene rings is 2. The number of carbonyl (C=O) groups excluding carboxylic acids is 4. The SMILES string of the molecule is Cc1c(C)c(C(=O)OCCCCCCCNC(=O)OC(C)(C)C)c(C)c2c1OC(C)(COc1ccc(/C=C3\SC(=O)NC3=O)cc1)CC2. The molecule has 2 aliphatic heterocycles. The Kier molecular flexibility index (Phi) is 12.2. The predicted molar refractivity (Wildman–Crippen MR) is 187 cm³/mol. The highest BCUT2D eigenvalue weighted by atomic mass is 32.2. The van der Waals surface area contributed by atoms with E-state index >= 15 is 0 Å². The van der Waals surface area contributed by atoms with Crippen LogP contribution in [0.15, 0.2) is 29.2 Å². The summed E-state index contributed by atoms with van der Waals surface area (Å²) in [6.07, 6.45) is 7.32. The Labute approximate surface area is 287 Å². The molecule has 0 aliphatic carbocycles. The zero-order chi connectivity index (χ0) is 35.1. The number of hydrogen-bond acceptors (Lipinski definition) is 9.